The number of rotatable bonds is 4. The van der Waals surface area contributed by atoms with Gasteiger partial charge in [-0.3, -0.25) is 4.90 Å². The summed E-state index contributed by atoms with van der Waals surface area (Å²) in [4.78, 5) is 2.93. The van der Waals surface area contributed by atoms with E-state index in [1.807, 2.05) is 26.0 Å². The molecule has 0 aromatic heterocycles. The monoisotopic (exact) mass is 327 g/mol. The van der Waals surface area contributed by atoms with Gasteiger partial charge in [-0.15, -0.1) is 0 Å². The molecule has 0 atom stereocenters. The molecule has 1 aromatic rings. The third kappa shape index (κ3) is 3.79. The van der Waals surface area contributed by atoms with Crippen LogP contribution >= 0.6 is 12.2 Å². The molecule has 0 bridgehead atoms. The summed E-state index contributed by atoms with van der Waals surface area (Å²) >= 11 is 4.89. The van der Waals surface area contributed by atoms with E-state index < -0.39 is 10.0 Å². The van der Waals surface area contributed by atoms with Gasteiger partial charge in [-0.1, -0.05) is 24.4 Å². The Morgan fingerprint density at radius 1 is 1.24 bits per heavy atom. The van der Waals surface area contributed by atoms with Crippen LogP contribution in [0, 0.1) is 13.8 Å². The Hall–Kier alpha value is -1.02. The summed E-state index contributed by atoms with van der Waals surface area (Å²) < 4.78 is 27.0. The Bertz CT molecular complexity index is 636. The van der Waals surface area contributed by atoms with Gasteiger partial charge in [-0.25, -0.2) is 8.42 Å². The first kappa shape index (κ1) is 16.4. The largest absolute Gasteiger partial charge is 0.392 e. The molecule has 0 radical (unpaired) electrons. The first-order valence-corrected chi connectivity index (χ1v) is 8.73. The molecular weight excluding hydrogens is 306 g/mol. The highest BCUT2D eigenvalue weighted by Gasteiger charge is 2.29. The second-order valence-corrected chi connectivity index (χ2v) is 7.85. The van der Waals surface area contributed by atoms with Crippen molar-refractivity contribution in [1.82, 2.24) is 9.21 Å². The molecule has 116 valence electrons. The fourth-order valence-corrected chi connectivity index (χ4v) is 4.39. The van der Waals surface area contributed by atoms with E-state index in [2.05, 4.69) is 4.90 Å². The molecule has 0 saturated carbocycles. The number of sulfonamides is 1. The van der Waals surface area contributed by atoms with Crippen molar-refractivity contribution in [3.8, 4) is 0 Å². The van der Waals surface area contributed by atoms with Crippen molar-refractivity contribution in [3.63, 3.8) is 0 Å². The summed E-state index contributed by atoms with van der Waals surface area (Å²) in [7, 11) is -3.42. The molecule has 0 spiro atoms. The van der Waals surface area contributed by atoms with Crippen molar-refractivity contribution < 1.29 is 8.42 Å². The van der Waals surface area contributed by atoms with Crippen LogP contribution in [0.2, 0.25) is 0 Å². The van der Waals surface area contributed by atoms with E-state index in [9.17, 15) is 8.42 Å². The van der Waals surface area contributed by atoms with Crippen molar-refractivity contribution in [2.45, 2.75) is 18.7 Å². The van der Waals surface area contributed by atoms with Crippen molar-refractivity contribution in [1.29, 1.82) is 0 Å². The van der Waals surface area contributed by atoms with Gasteiger partial charge < -0.3 is 5.73 Å². The molecule has 1 fully saturated rings. The number of aryl methyl sites for hydroxylation is 2. The van der Waals surface area contributed by atoms with Crippen molar-refractivity contribution in [3.05, 3.63) is 29.3 Å². The Kier molecular flexibility index (Phi) is 4.98. The van der Waals surface area contributed by atoms with Crippen LogP contribution in [0.25, 0.3) is 0 Å². The van der Waals surface area contributed by atoms with Gasteiger partial charge in [0, 0.05) is 32.7 Å². The molecule has 1 heterocycles. The average Bonchev–Trinajstić information content (AvgIpc) is 2.41. The highest BCUT2D eigenvalue weighted by Crippen LogP contribution is 2.22. The number of nitrogens with two attached hydrogens (primary N) is 1. The molecule has 1 aromatic carbocycles. The lowest BCUT2D eigenvalue weighted by Crippen LogP contribution is -2.50. The number of thiocarbonyl (C=S) groups is 1. The highest BCUT2D eigenvalue weighted by molar-refractivity contribution is 7.89. The zero-order valence-electron chi connectivity index (χ0n) is 12.4. The van der Waals surface area contributed by atoms with Gasteiger partial charge in [-0.05, 0) is 31.0 Å². The standard InChI is InChI=1S/C14H21N3O2S2/c1-11-3-4-12(2)13(9-11)21(18,19)17-7-5-16(6-8-17)10-14(15)20/h3-4,9H,5-8,10H2,1-2H3,(H2,15,20). The smallest absolute Gasteiger partial charge is 0.243 e. The van der Waals surface area contributed by atoms with E-state index in [1.165, 1.54) is 0 Å². The van der Waals surface area contributed by atoms with Gasteiger partial charge in [-0.2, -0.15) is 4.31 Å². The van der Waals surface area contributed by atoms with E-state index in [-0.39, 0.29) is 0 Å². The second kappa shape index (κ2) is 6.39. The van der Waals surface area contributed by atoms with Gasteiger partial charge in [0.2, 0.25) is 10.0 Å². The fraction of sp³-hybridized carbons (Fsp3) is 0.500. The molecule has 7 heteroatoms. The zero-order valence-corrected chi connectivity index (χ0v) is 14.0. The fourth-order valence-electron chi connectivity index (χ4n) is 2.47. The van der Waals surface area contributed by atoms with E-state index in [1.54, 1.807) is 10.4 Å². The van der Waals surface area contributed by atoms with Crippen LogP contribution in [-0.4, -0.2) is 55.3 Å². The van der Waals surface area contributed by atoms with Gasteiger partial charge >= 0.3 is 0 Å². The number of hydrogen-bond donors (Lipinski definition) is 1. The van der Waals surface area contributed by atoms with Crippen LogP contribution in [0.1, 0.15) is 11.1 Å². The topological polar surface area (TPSA) is 66.6 Å². The third-order valence-electron chi connectivity index (χ3n) is 3.67. The molecule has 21 heavy (non-hydrogen) atoms. The summed E-state index contributed by atoms with van der Waals surface area (Å²) in [5.41, 5.74) is 7.26. The number of nitrogens with zero attached hydrogens (tertiary/aromatic N) is 2. The lowest BCUT2D eigenvalue weighted by molar-refractivity contribution is 0.209. The quantitative estimate of drug-likeness (QED) is 0.832. The predicted molar refractivity (Wildman–Crippen MR) is 87.9 cm³/mol. The Balaban J connectivity index is 2.15. The first-order valence-electron chi connectivity index (χ1n) is 6.89. The van der Waals surface area contributed by atoms with Crippen LogP contribution in [-0.2, 0) is 10.0 Å². The normalized spacial score (nSPS) is 17.8. The molecule has 0 aliphatic carbocycles. The zero-order chi connectivity index (χ0) is 15.6. The minimum absolute atomic E-state index is 0.408. The van der Waals surface area contributed by atoms with Gasteiger partial charge in [0.25, 0.3) is 0 Å². The molecule has 1 aliphatic heterocycles. The number of hydrogen-bond acceptors (Lipinski definition) is 4. The van der Waals surface area contributed by atoms with Crippen molar-refractivity contribution in [2.24, 2.45) is 5.73 Å². The minimum atomic E-state index is -3.42. The Morgan fingerprint density at radius 2 is 1.86 bits per heavy atom. The van der Waals surface area contributed by atoms with Crippen molar-refractivity contribution >= 4 is 27.2 Å². The van der Waals surface area contributed by atoms with E-state index in [0.717, 1.165) is 11.1 Å². The van der Waals surface area contributed by atoms with Crippen molar-refractivity contribution in [2.75, 3.05) is 32.7 Å². The molecule has 2 rings (SSSR count). The van der Waals surface area contributed by atoms with Crippen LogP contribution in [0.5, 0.6) is 0 Å². The van der Waals surface area contributed by atoms with Crippen LogP contribution in [0.3, 0.4) is 0 Å². The van der Waals surface area contributed by atoms with Gasteiger partial charge in [0.05, 0.1) is 9.88 Å². The summed E-state index contributed by atoms with van der Waals surface area (Å²) in [6.45, 7) is 6.53. The molecule has 5 nitrogen and oxygen atoms in total. The highest BCUT2D eigenvalue weighted by atomic mass is 32.2. The second-order valence-electron chi connectivity index (χ2n) is 5.42. The number of benzene rings is 1. The third-order valence-corrected chi connectivity index (χ3v) is 5.84. The summed E-state index contributed by atoms with van der Waals surface area (Å²) in [5, 5.41) is 0. The molecule has 0 amide bonds. The van der Waals surface area contributed by atoms with Gasteiger partial charge in [0.1, 0.15) is 0 Å². The summed E-state index contributed by atoms with van der Waals surface area (Å²) in [5.74, 6) is 0. The maximum Gasteiger partial charge on any atom is 0.243 e. The van der Waals surface area contributed by atoms with Crippen LogP contribution in [0.4, 0.5) is 0 Å². The first-order chi connectivity index (χ1) is 9.80. The number of piperazine rings is 1. The summed E-state index contributed by atoms with van der Waals surface area (Å²) in [6, 6.07) is 5.52. The lowest BCUT2D eigenvalue weighted by Gasteiger charge is -2.33. The predicted octanol–water partition coefficient (Wildman–Crippen LogP) is 0.896. The van der Waals surface area contributed by atoms with Crippen LogP contribution < -0.4 is 5.73 Å². The Labute approximate surface area is 131 Å². The lowest BCUT2D eigenvalue weighted by atomic mass is 10.2. The molecular formula is C14H21N3O2S2. The molecule has 1 aliphatic rings. The SMILES string of the molecule is Cc1ccc(C)c(S(=O)(=O)N2CCN(CC(N)=S)CC2)c1. The molecule has 1 saturated heterocycles. The van der Waals surface area contributed by atoms with E-state index in [0.29, 0.717) is 42.6 Å². The molecule has 0 unspecified atom stereocenters. The maximum absolute atomic E-state index is 12.7. The summed E-state index contributed by atoms with van der Waals surface area (Å²) in [6.07, 6.45) is 0. The maximum atomic E-state index is 12.7. The van der Waals surface area contributed by atoms with E-state index >= 15 is 0 Å². The minimum Gasteiger partial charge on any atom is -0.392 e. The Morgan fingerprint density at radius 3 is 2.43 bits per heavy atom. The molecule has 2 N–H and O–H groups in total. The van der Waals surface area contributed by atoms with Crippen LogP contribution in [0.15, 0.2) is 23.1 Å². The van der Waals surface area contributed by atoms with E-state index in [4.69, 9.17) is 18.0 Å². The van der Waals surface area contributed by atoms with Gasteiger partial charge in [0.15, 0.2) is 0 Å². The average molecular weight is 327 g/mol.